The molecule has 0 aliphatic rings. The Hall–Kier alpha value is -0.930. The fourth-order valence-electron chi connectivity index (χ4n) is 1.55. The minimum Gasteiger partial charge on any atom is -0.382 e. The second-order valence-corrected chi connectivity index (χ2v) is 5.82. The lowest BCUT2D eigenvalue weighted by atomic mass is 10.4. The first-order valence-corrected chi connectivity index (χ1v) is 7.35. The maximum absolute atomic E-state index is 12.0. The summed E-state index contributed by atoms with van der Waals surface area (Å²) in [5, 5.41) is 2.94. The summed E-state index contributed by atoms with van der Waals surface area (Å²) in [7, 11) is 1.32. The van der Waals surface area contributed by atoms with Crippen LogP contribution in [0, 0.1) is 0 Å². The van der Waals surface area contributed by atoms with Crippen molar-refractivity contribution in [2.75, 3.05) is 34.4 Å². The van der Waals surface area contributed by atoms with Gasteiger partial charge in [0, 0.05) is 39.2 Å². The van der Waals surface area contributed by atoms with Crippen molar-refractivity contribution < 1.29 is 17.9 Å². The summed E-state index contributed by atoms with van der Waals surface area (Å²) in [4.78, 5) is 3.11. The van der Waals surface area contributed by atoms with Crippen molar-refractivity contribution in [2.24, 2.45) is 0 Å². The van der Waals surface area contributed by atoms with Gasteiger partial charge in [-0.2, -0.15) is 0 Å². The average molecular weight is 291 g/mol. The predicted octanol–water partition coefficient (Wildman–Crippen LogP) is -0.326. The summed E-state index contributed by atoms with van der Waals surface area (Å²) < 4.78 is 36.6. The molecule has 7 nitrogen and oxygen atoms in total. The van der Waals surface area contributed by atoms with E-state index >= 15 is 0 Å². The minimum absolute atomic E-state index is 0.166. The Kier molecular flexibility index (Phi) is 6.46. The normalized spacial score (nSPS) is 13.6. The number of ether oxygens (including phenoxy) is 2. The Bertz CT molecular complexity index is 472. The van der Waals surface area contributed by atoms with Crippen LogP contribution in [-0.2, 0) is 26.0 Å². The third kappa shape index (κ3) is 4.92. The van der Waals surface area contributed by atoms with Gasteiger partial charge in [0.2, 0.25) is 10.0 Å². The van der Waals surface area contributed by atoms with Gasteiger partial charge in [0.25, 0.3) is 0 Å². The van der Waals surface area contributed by atoms with Gasteiger partial charge in [-0.25, -0.2) is 13.1 Å². The van der Waals surface area contributed by atoms with Gasteiger partial charge in [0.05, 0.1) is 17.6 Å². The number of hydrogen-bond donors (Lipinski definition) is 3. The molecule has 0 saturated heterocycles. The van der Waals surface area contributed by atoms with Gasteiger partial charge in [0.15, 0.2) is 0 Å². The maximum Gasteiger partial charge on any atom is 0.242 e. The standard InChI is InChI=1S/C11H21N3O4S/c1-12-5-9-4-11(7-13-9)19(15,16)14-6-10(18-3)8-17-2/h4,7,10,12-14H,5-6,8H2,1-3H3. The summed E-state index contributed by atoms with van der Waals surface area (Å²) in [5.41, 5.74) is 0.808. The second-order valence-electron chi connectivity index (χ2n) is 4.06. The third-order valence-corrected chi connectivity index (χ3v) is 3.98. The van der Waals surface area contributed by atoms with Crippen molar-refractivity contribution in [3.63, 3.8) is 0 Å². The quantitative estimate of drug-likeness (QED) is 0.579. The molecule has 1 aromatic heterocycles. The first kappa shape index (κ1) is 16.1. The van der Waals surface area contributed by atoms with Gasteiger partial charge in [-0.15, -0.1) is 0 Å². The van der Waals surface area contributed by atoms with E-state index in [-0.39, 0.29) is 17.5 Å². The van der Waals surface area contributed by atoms with E-state index in [0.717, 1.165) is 5.69 Å². The Morgan fingerprint density at radius 1 is 1.42 bits per heavy atom. The smallest absolute Gasteiger partial charge is 0.242 e. The van der Waals surface area contributed by atoms with E-state index in [2.05, 4.69) is 15.0 Å². The van der Waals surface area contributed by atoms with Crippen molar-refractivity contribution in [3.8, 4) is 0 Å². The molecular weight excluding hydrogens is 270 g/mol. The molecule has 0 bridgehead atoms. The van der Waals surface area contributed by atoms with Crippen LogP contribution in [-0.4, -0.2) is 53.9 Å². The molecular formula is C11H21N3O4S. The molecule has 0 amide bonds. The van der Waals surface area contributed by atoms with Gasteiger partial charge < -0.3 is 19.8 Å². The van der Waals surface area contributed by atoms with Crippen molar-refractivity contribution in [3.05, 3.63) is 18.0 Å². The van der Waals surface area contributed by atoms with Crippen LogP contribution in [0.4, 0.5) is 0 Å². The molecule has 19 heavy (non-hydrogen) atoms. The van der Waals surface area contributed by atoms with Gasteiger partial charge >= 0.3 is 0 Å². The highest BCUT2D eigenvalue weighted by atomic mass is 32.2. The van der Waals surface area contributed by atoms with E-state index in [1.54, 1.807) is 13.1 Å². The number of rotatable bonds is 9. The molecule has 8 heteroatoms. The molecule has 1 unspecified atom stereocenters. The predicted molar refractivity (Wildman–Crippen MR) is 71.4 cm³/mol. The van der Waals surface area contributed by atoms with Crippen LogP contribution < -0.4 is 10.0 Å². The van der Waals surface area contributed by atoms with Crippen LogP contribution in [0.2, 0.25) is 0 Å². The Morgan fingerprint density at radius 2 is 2.16 bits per heavy atom. The van der Waals surface area contributed by atoms with E-state index in [0.29, 0.717) is 13.2 Å². The fraction of sp³-hybridized carbons (Fsp3) is 0.636. The molecule has 0 aliphatic carbocycles. The molecule has 1 rings (SSSR count). The topological polar surface area (TPSA) is 92.5 Å². The van der Waals surface area contributed by atoms with Crippen LogP contribution in [0.3, 0.4) is 0 Å². The summed E-state index contributed by atoms with van der Waals surface area (Å²) in [6.07, 6.45) is 1.16. The number of sulfonamides is 1. The largest absolute Gasteiger partial charge is 0.382 e. The zero-order chi connectivity index (χ0) is 14.3. The van der Waals surface area contributed by atoms with Gasteiger partial charge in [0.1, 0.15) is 0 Å². The van der Waals surface area contributed by atoms with Crippen molar-refractivity contribution in [1.82, 2.24) is 15.0 Å². The lowest BCUT2D eigenvalue weighted by Crippen LogP contribution is -2.35. The fourth-order valence-corrected chi connectivity index (χ4v) is 2.63. The van der Waals surface area contributed by atoms with Crippen LogP contribution >= 0.6 is 0 Å². The summed E-state index contributed by atoms with van der Waals surface area (Å²) >= 11 is 0. The second kappa shape index (κ2) is 7.61. The van der Waals surface area contributed by atoms with Crippen molar-refractivity contribution in [1.29, 1.82) is 0 Å². The third-order valence-electron chi connectivity index (χ3n) is 2.58. The van der Waals surface area contributed by atoms with Crippen LogP contribution in [0.15, 0.2) is 17.2 Å². The van der Waals surface area contributed by atoms with Crippen molar-refractivity contribution >= 4 is 10.0 Å². The van der Waals surface area contributed by atoms with E-state index < -0.39 is 10.0 Å². The van der Waals surface area contributed by atoms with Crippen molar-refractivity contribution in [2.45, 2.75) is 17.5 Å². The number of methoxy groups -OCH3 is 2. The number of aromatic amines is 1. The molecule has 0 radical (unpaired) electrons. The molecule has 1 heterocycles. The van der Waals surface area contributed by atoms with E-state index in [1.807, 2.05) is 0 Å². The molecule has 1 atom stereocenters. The summed E-state index contributed by atoms with van der Waals surface area (Å²) in [6, 6.07) is 1.59. The van der Waals surface area contributed by atoms with Gasteiger partial charge in [-0.3, -0.25) is 0 Å². The average Bonchev–Trinajstić information content (AvgIpc) is 2.84. The highest BCUT2D eigenvalue weighted by Crippen LogP contribution is 2.10. The first-order chi connectivity index (χ1) is 9.03. The molecule has 0 spiro atoms. The summed E-state index contributed by atoms with van der Waals surface area (Å²) in [5.74, 6) is 0. The highest BCUT2D eigenvalue weighted by Gasteiger charge is 2.18. The lowest BCUT2D eigenvalue weighted by Gasteiger charge is -2.14. The Balaban J connectivity index is 2.64. The first-order valence-electron chi connectivity index (χ1n) is 5.86. The van der Waals surface area contributed by atoms with E-state index in [9.17, 15) is 8.42 Å². The molecule has 1 aromatic rings. The number of H-pyrrole nitrogens is 1. The molecule has 0 saturated carbocycles. The number of aromatic nitrogens is 1. The van der Waals surface area contributed by atoms with Gasteiger partial charge in [-0.05, 0) is 13.1 Å². The van der Waals surface area contributed by atoms with Gasteiger partial charge in [-0.1, -0.05) is 0 Å². The highest BCUT2D eigenvalue weighted by molar-refractivity contribution is 7.89. The molecule has 0 aliphatic heterocycles. The molecule has 0 fully saturated rings. The molecule has 3 N–H and O–H groups in total. The minimum atomic E-state index is -3.53. The summed E-state index contributed by atoms with van der Waals surface area (Å²) in [6.45, 7) is 1.08. The Labute approximate surface area is 113 Å². The van der Waals surface area contributed by atoms with E-state index in [4.69, 9.17) is 9.47 Å². The molecule has 0 aromatic carbocycles. The van der Waals surface area contributed by atoms with E-state index in [1.165, 1.54) is 20.4 Å². The number of hydrogen-bond acceptors (Lipinski definition) is 5. The zero-order valence-corrected chi connectivity index (χ0v) is 12.2. The number of nitrogens with one attached hydrogen (secondary N) is 3. The monoisotopic (exact) mass is 291 g/mol. The zero-order valence-electron chi connectivity index (χ0n) is 11.4. The van der Waals surface area contributed by atoms with Crippen LogP contribution in [0.25, 0.3) is 0 Å². The lowest BCUT2D eigenvalue weighted by molar-refractivity contribution is 0.0320. The molecule has 110 valence electrons. The maximum atomic E-state index is 12.0. The van der Waals surface area contributed by atoms with Crippen LogP contribution in [0.1, 0.15) is 5.69 Å². The SMILES string of the molecule is CNCc1cc(S(=O)(=O)NCC(COC)OC)c[nH]1. The van der Waals surface area contributed by atoms with Crippen LogP contribution in [0.5, 0.6) is 0 Å². The Morgan fingerprint density at radius 3 is 2.74 bits per heavy atom.